The molecule has 5 heteroatoms. The standard InChI is InChI=1S/C17H19N3OS/c1-4-20(5-2)16(21)11-22-17-14(10-18)9-13-7-6-12(3)8-15(13)19-17/h6-9H,4-5,11H2,1-3H3. The number of benzene rings is 1. The van der Waals surface area contributed by atoms with Crippen LogP contribution in [0.4, 0.5) is 0 Å². The van der Waals surface area contributed by atoms with E-state index in [0.29, 0.717) is 29.4 Å². The second kappa shape index (κ2) is 7.28. The Hall–Kier alpha value is -2.06. The van der Waals surface area contributed by atoms with E-state index in [2.05, 4.69) is 11.1 Å². The highest BCUT2D eigenvalue weighted by Crippen LogP contribution is 2.25. The number of amides is 1. The first-order chi connectivity index (χ1) is 10.6. The van der Waals surface area contributed by atoms with E-state index in [4.69, 9.17) is 0 Å². The number of nitrogens with zero attached hydrogens (tertiary/aromatic N) is 3. The summed E-state index contributed by atoms with van der Waals surface area (Å²) in [5, 5.41) is 10.9. The molecule has 114 valence electrons. The van der Waals surface area contributed by atoms with Crippen molar-refractivity contribution in [2.45, 2.75) is 25.8 Å². The average molecular weight is 313 g/mol. The molecule has 2 rings (SSSR count). The summed E-state index contributed by atoms with van der Waals surface area (Å²) in [7, 11) is 0. The van der Waals surface area contributed by atoms with Gasteiger partial charge in [-0.3, -0.25) is 4.79 Å². The van der Waals surface area contributed by atoms with E-state index in [1.807, 2.05) is 45.0 Å². The highest BCUT2D eigenvalue weighted by molar-refractivity contribution is 8.00. The lowest BCUT2D eigenvalue weighted by Crippen LogP contribution is -2.31. The zero-order chi connectivity index (χ0) is 16.1. The van der Waals surface area contributed by atoms with Crippen molar-refractivity contribution in [1.29, 1.82) is 5.26 Å². The zero-order valence-corrected chi connectivity index (χ0v) is 13.9. The van der Waals surface area contributed by atoms with Crippen molar-refractivity contribution in [3.8, 4) is 6.07 Å². The lowest BCUT2D eigenvalue weighted by atomic mass is 10.1. The Morgan fingerprint density at radius 2 is 2.05 bits per heavy atom. The van der Waals surface area contributed by atoms with Crippen LogP contribution in [-0.4, -0.2) is 34.6 Å². The third-order valence-corrected chi connectivity index (χ3v) is 4.48. The van der Waals surface area contributed by atoms with Gasteiger partial charge in [-0.25, -0.2) is 4.98 Å². The fourth-order valence-corrected chi connectivity index (χ4v) is 3.11. The van der Waals surface area contributed by atoms with Crippen molar-refractivity contribution in [3.63, 3.8) is 0 Å². The number of rotatable bonds is 5. The van der Waals surface area contributed by atoms with Gasteiger partial charge in [0.25, 0.3) is 0 Å². The van der Waals surface area contributed by atoms with Gasteiger partial charge in [-0.05, 0) is 38.5 Å². The van der Waals surface area contributed by atoms with E-state index in [1.165, 1.54) is 11.8 Å². The topological polar surface area (TPSA) is 57.0 Å². The molecule has 0 saturated heterocycles. The molecular weight excluding hydrogens is 294 g/mol. The Kier molecular flexibility index (Phi) is 5.40. The van der Waals surface area contributed by atoms with Crippen molar-refractivity contribution < 1.29 is 4.79 Å². The van der Waals surface area contributed by atoms with Gasteiger partial charge in [0.1, 0.15) is 11.1 Å². The van der Waals surface area contributed by atoms with E-state index in [1.54, 1.807) is 4.90 Å². The van der Waals surface area contributed by atoms with E-state index in [0.717, 1.165) is 16.5 Å². The largest absolute Gasteiger partial charge is 0.343 e. The fraction of sp³-hybridized carbons (Fsp3) is 0.353. The van der Waals surface area contributed by atoms with Crippen LogP contribution in [0.5, 0.6) is 0 Å². The molecule has 0 unspecified atom stereocenters. The van der Waals surface area contributed by atoms with Gasteiger partial charge >= 0.3 is 0 Å². The normalized spacial score (nSPS) is 10.5. The molecule has 1 aromatic carbocycles. The molecule has 0 bridgehead atoms. The van der Waals surface area contributed by atoms with E-state index in [9.17, 15) is 10.1 Å². The molecule has 0 saturated carbocycles. The molecule has 0 radical (unpaired) electrons. The van der Waals surface area contributed by atoms with E-state index in [-0.39, 0.29) is 5.91 Å². The lowest BCUT2D eigenvalue weighted by molar-refractivity contribution is -0.127. The fourth-order valence-electron chi connectivity index (χ4n) is 2.25. The molecule has 22 heavy (non-hydrogen) atoms. The van der Waals surface area contributed by atoms with Crippen LogP contribution in [0.25, 0.3) is 10.9 Å². The molecule has 1 heterocycles. The first kappa shape index (κ1) is 16.3. The quantitative estimate of drug-likeness (QED) is 0.794. The molecule has 0 spiro atoms. The number of hydrogen-bond acceptors (Lipinski definition) is 4. The maximum atomic E-state index is 12.1. The Labute approximate surface area is 135 Å². The van der Waals surface area contributed by atoms with Gasteiger partial charge in [-0.2, -0.15) is 5.26 Å². The molecular formula is C17H19N3OS. The minimum Gasteiger partial charge on any atom is -0.343 e. The Bertz CT molecular complexity index is 732. The SMILES string of the molecule is CCN(CC)C(=O)CSc1nc2cc(C)ccc2cc1C#N. The van der Waals surface area contributed by atoms with Gasteiger partial charge in [0.15, 0.2) is 0 Å². The van der Waals surface area contributed by atoms with Gasteiger partial charge in [0.05, 0.1) is 16.8 Å². The Morgan fingerprint density at radius 1 is 1.32 bits per heavy atom. The first-order valence-corrected chi connectivity index (χ1v) is 8.29. The molecule has 1 aromatic heterocycles. The molecule has 4 nitrogen and oxygen atoms in total. The van der Waals surface area contributed by atoms with Crippen molar-refractivity contribution in [1.82, 2.24) is 9.88 Å². The summed E-state index contributed by atoms with van der Waals surface area (Å²) in [4.78, 5) is 18.4. The molecule has 2 aromatic rings. The molecule has 0 aliphatic rings. The van der Waals surface area contributed by atoms with Gasteiger partial charge in [-0.15, -0.1) is 0 Å². The number of aromatic nitrogens is 1. The average Bonchev–Trinajstić information content (AvgIpc) is 2.53. The number of carbonyl (C=O) groups is 1. The summed E-state index contributed by atoms with van der Waals surface area (Å²) in [6.07, 6.45) is 0. The third kappa shape index (κ3) is 3.58. The van der Waals surface area contributed by atoms with Crippen LogP contribution in [-0.2, 0) is 4.79 Å². The number of fused-ring (bicyclic) bond motifs is 1. The molecule has 0 aliphatic carbocycles. The molecule has 0 aliphatic heterocycles. The summed E-state index contributed by atoms with van der Waals surface area (Å²) in [6.45, 7) is 7.33. The predicted molar refractivity (Wildman–Crippen MR) is 89.8 cm³/mol. The van der Waals surface area contributed by atoms with Gasteiger partial charge < -0.3 is 4.90 Å². The van der Waals surface area contributed by atoms with E-state index < -0.39 is 0 Å². The monoisotopic (exact) mass is 313 g/mol. The number of thioether (sulfide) groups is 1. The van der Waals surface area contributed by atoms with Crippen LogP contribution in [0.2, 0.25) is 0 Å². The minimum atomic E-state index is 0.0741. The smallest absolute Gasteiger partial charge is 0.232 e. The second-order valence-electron chi connectivity index (χ2n) is 5.00. The van der Waals surface area contributed by atoms with Crippen LogP contribution < -0.4 is 0 Å². The summed E-state index contributed by atoms with van der Waals surface area (Å²) in [5.41, 5.74) is 2.50. The molecule has 1 amide bonds. The second-order valence-corrected chi connectivity index (χ2v) is 5.97. The maximum Gasteiger partial charge on any atom is 0.232 e. The molecule has 0 N–H and O–H groups in total. The number of pyridine rings is 1. The van der Waals surface area contributed by atoms with E-state index >= 15 is 0 Å². The Balaban J connectivity index is 2.26. The predicted octanol–water partition coefficient (Wildman–Crippen LogP) is 3.38. The number of nitriles is 1. The third-order valence-electron chi connectivity index (χ3n) is 3.51. The van der Waals surface area contributed by atoms with Crippen molar-refractivity contribution in [2.24, 2.45) is 0 Å². The zero-order valence-electron chi connectivity index (χ0n) is 13.1. The van der Waals surface area contributed by atoms with Gasteiger partial charge in [0.2, 0.25) is 5.91 Å². The van der Waals surface area contributed by atoms with Crippen molar-refractivity contribution in [2.75, 3.05) is 18.8 Å². The van der Waals surface area contributed by atoms with Gasteiger partial charge in [-0.1, -0.05) is 23.9 Å². The van der Waals surface area contributed by atoms with Crippen LogP contribution in [0.1, 0.15) is 25.0 Å². The summed E-state index contributed by atoms with van der Waals surface area (Å²) >= 11 is 1.33. The van der Waals surface area contributed by atoms with Crippen molar-refractivity contribution >= 4 is 28.6 Å². The van der Waals surface area contributed by atoms with Gasteiger partial charge in [0, 0.05) is 18.5 Å². The maximum absolute atomic E-state index is 12.1. The van der Waals surface area contributed by atoms with Crippen LogP contribution in [0, 0.1) is 18.3 Å². The van der Waals surface area contributed by atoms with Crippen LogP contribution in [0.15, 0.2) is 29.3 Å². The molecule has 0 fully saturated rings. The summed E-state index contributed by atoms with van der Waals surface area (Å²) < 4.78 is 0. The number of aryl methyl sites for hydroxylation is 1. The molecule has 0 atom stereocenters. The minimum absolute atomic E-state index is 0.0741. The lowest BCUT2D eigenvalue weighted by Gasteiger charge is -2.18. The highest BCUT2D eigenvalue weighted by Gasteiger charge is 2.13. The summed E-state index contributed by atoms with van der Waals surface area (Å²) in [6, 6.07) is 9.98. The summed E-state index contributed by atoms with van der Waals surface area (Å²) in [5.74, 6) is 0.380. The van der Waals surface area contributed by atoms with Crippen LogP contribution in [0.3, 0.4) is 0 Å². The highest BCUT2D eigenvalue weighted by atomic mass is 32.2. The number of carbonyl (C=O) groups excluding carboxylic acids is 1. The first-order valence-electron chi connectivity index (χ1n) is 7.31. The Morgan fingerprint density at radius 3 is 2.68 bits per heavy atom. The number of hydrogen-bond donors (Lipinski definition) is 0. The van der Waals surface area contributed by atoms with Crippen molar-refractivity contribution in [3.05, 3.63) is 35.4 Å². The van der Waals surface area contributed by atoms with Crippen LogP contribution >= 0.6 is 11.8 Å².